The summed E-state index contributed by atoms with van der Waals surface area (Å²) >= 11 is 5.83. The van der Waals surface area contributed by atoms with E-state index in [9.17, 15) is 5.26 Å². The van der Waals surface area contributed by atoms with Gasteiger partial charge in [-0.3, -0.25) is 4.90 Å². The molecule has 7 nitrogen and oxygen atoms in total. The average Bonchev–Trinajstić information content (AvgIpc) is 3.33. The molecule has 132 valence electrons. The van der Waals surface area contributed by atoms with E-state index < -0.39 is 0 Å². The second-order valence-corrected chi connectivity index (χ2v) is 6.40. The molecule has 1 aliphatic heterocycles. The number of anilines is 1. The minimum atomic E-state index is 0.284. The maximum Gasteiger partial charge on any atom is 0.266 e. The number of nitrogens with zero attached hydrogens (tertiary/aromatic N) is 5. The topological polar surface area (TPSA) is 82.3 Å². The van der Waals surface area contributed by atoms with Crippen LogP contribution in [0, 0.1) is 11.3 Å². The first-order valence-electron chi connectivity index (χ1n) is 8.25. The molecule has 1 fully saturated rings. The number of nitriles is 1. The highest BCUT2D eigenvalue weighted by atomic mass is 35.5. The highest BCUT2D eigenvalue weighted by molar-refractivity contribution is 6.29. The monoisotopic (exact) mass is 369 g/mol. The van der Waals surface area contributed by atoms with Crippen molar-refractivity contribution in [2.24, 2.45) is 0 Å². The summed E-state index contributed by atoms with van der Waals surface area (Å²) in [6, 6.07) is 9.42. The third-order valence-electron chi connectivity index (χ3n) is 4.30. The van der Waals surface area contributed by atoms with E-state index in [1.165, 1.54) is 0 Å². The molecule has 0 atom stereocenters. The lowest BCUT2D eigenvalue weighted by atomic mass is 10.2. The van der Waals surface area contributed by atoms with Crippen molar-refractivity contribution < 1.29 is 8.83 Å². The minimum absolute atomic E-state index is 0.284. The smallest absolute Gasteiger partial charge is 0.266 e. The van der Waals surface area contributed by atoms with Gasteiger partial charge >= 0.3 is 0 Å². The van der Waals surface area contributed by atoms with E-state index in [1.54, 1.807) is 30.7 Å². The van der Waals surface area contributed by atoms with Crippen molar-refractivity contribution in [3.05, 3.63) is 53.1 Å². The summed E-state index contributed by atoms with van der Waals surface area (Å²) in [6.07, 6.45) is 3.35. The van der Waals surface area contributed by atoms with E-state index in [1.807, 2.05) is 6.07 Å². The van der Waals surface area contributed by atoms with Gasteiger partial charge in [-0.05, 0) is 23.8 Å². The number of hydrogen-bond acceptors (Lipinski definition) is 7. The van der Waals surface area contributed by atoms with Crippen molar-refractivity contribution in [3.63, 3.8) is 0 Å². The quantitative estimate of drug-likeness (QED) is 0.653. The Morgan fingerprint density at radius 2 is 2.04 bits per heavy atom. The van der Waals surface area contributed by atoms with E-state index in [4.69, 9.17) is 20.4 Å². The molecular weight excluding hydrogens is 354 g/mol. The van der Waals surface area contributed by atoms with Gasteiger partial charge in [0.25, 0.3) is 5.89 Å². The van der Waals surface area contributed by atoms with E-state index in [2.05, 4.69) is 25.8 Å². The summed E-state index contributed by atoms with van der Waals surface area (Å²) in [6.45, 7) is 4.02. The fourth-order valence-electron chi connectivity index (χ4n) is 2.97. The molecular formula is C18H16ClN5O2. The number of furan rings is 1. The Morgan fingerprint density at radius 3 is 2.69 bits per heavy atom. The van der Waals surface area contributed by atoms with E-state index in [0.717, 1.165) is 38.3 Å². The van der Waals surface area contributed by atoms with Gasteiger partial charge in [-0.25, -0.2) is 4.98 Å². The first kappa shape index (κ1) is 16.6. The molecule has 0 bridgehead atoms. The zero-order valence-corrected chi connectivity index (χ0v) is 14.7. The normalized spacial score (nSPS) is 15.2. The molecule has 4 heterocycles. The van der Waals surface area contributed by atoms with Crippen LogP contribution in [0.4, 0.5) is 5.88 Å². The first-order chi connectivity index (χ1) is 12.7. The van der Waals surface area contributed by atoms with Crippen LogP contribution < -0.4 is 4.90 Å². The Morgan fingerprint density at radius 1 is 1.19 bits per heavy atom. The number of aromatic nitrogens is 2. The molecule has 0 aliphatic carbocycles. The number of piperazine rings is 1. The highest BCUT2D eigenvalue weighted by Gasteiger charge is 2.25. The number of hydrogen-bond donors (Lipinski definition) is 0. The molecule has 3 aromatic heterocycles. The third-order valence-corrected chi connectivity index (χ3v) is 4.53. The molecule has 0 spiro atoms. The van der Waals surface area contributed by atoms with Crippen LogP contribution in [0.25, 0.3) is 11.7 Å². The number of halogens is 1. The second kappa shape index (κ2) is 7.20. The number of oxazole rings is 1. The van der Waals surface area contributed by atoms with Gasteiger partial charge in [0.2, 0.25) is 11.6 Å². The van der Waals surface area contributed by atoms with Crippen molar-refractivity contribution in [2.75, 3.05) is 31.1 Å². The molecule has 0 unspecified atom stereocenters. The predicted octanol–water partition coefficient (Wildman–Crippen LogP) is 3.18. The Balaban J connectivity index is 1.43. The zero-order valence-electron chi connectivity index (χ0n) is 13.9. The first-order valence-corrected chi connectivity index (χ1v) is 8.63. The van der Waals surface area contributed by atoms with Gasteiger partial charge in [-0.15, -0.1) is 0 Å². The molecule has 0 amide bonds. The van der Waals surface area contributed by atoms with Gasteiger partial charge in [0.1, 0.15) is 11.2 Å². The minimum Gasteiger partial charge on any atom is -0.459 e. The summed E-state index contributed by atoms with van der Waals surface area (Å²) < 4.78 is 11.1. The molecule has 8 heteroatoms. The van der Waals surface area contributed by atoms with Crippen molar-refractivity contribution in [3.8, 4) is 17.7 Å². The second-order valence-electron chi connectivity index (χ2n) is 6.01. The van der Waals surface area contributed by atoms with Gasteiger partial charge in [0.05, 0.1) is 6.26 Å². The lowest BCUT2D eigenvalue weighted by Crippen LogP contribution is -2.46. The van der Waals surface area contributed by atoms with Crippen LogP contribution in [-0.2, 0) is 6.54 Å². The van der Waals surface area contributed by atoms with Gasteiger partial charge in [-0.2, -0.15) is 10.2 Å². The summed E-state index contributed by atoms with van der Waals surface area (Å²) in [5, 5.41) is 9.87. The summed E-state index contributed by atoms with van der Waals surface area (Å²) in [4.78, 5) is 12.7. The lowest BCUT2D eigenvalue weighted by molar-refractivity contribution is 0.246. The zero-order chi connectivity index (χ0) is 17.9. The molecule has 0 aromatic carbocycles. The molecule has 1 saturated heterocycles. The van der Waals surface area contributed by atoms with Crippen LogP contribution in [0.5, 0.6) is 0 Å². The van der Waals surface area contributed by atoms with E-state index >= 15 is 0 Å². The lowest BCUT2D eigenvalue weighted by Gasteiger charge is -2.34. The van der Waals surface area contributed by atoms with Crippen LogP contribution in [0.15, 0.2) is 45.6 Å². The highest BCUT2D eigenvalue weighted by Crippen LogP contribution is 2.29. The maximum absolute atomic E-state index is 9.37. The predicted molar refractivity (Wildman–Crippen MR) is 95.7 cm³/mol. The van der Waals surface area contributed by atoms with Gasteiger partial charge in [0, 0.05) is 38.9 Å². The van der Waals surface area contributed by atoms with E-state index in [0.29, 0.717) is 22.7 Å². The van der Waals surface area contributed by atoms with Gasteiger partial charge in [0.15, 0.2) is 5.76 Å². The molecule has 1 aliphatic rings. The average molecular weight is 370 g/mol. The summed E-state index contributed by atoms with van der Waals surface area (Å²) in [7, 11) is 0. The Labute approximate surface area is 155 Å². The number of pyridine rings is 1. The van der Waals surface area contributed by atoms with Crippen LogP contribution in [0.2, 0.25) is 5.15 Å². The van der Waals surface area contributed by atoms with Crippen LogP contribution in [0.1, 0.15) is 11.3 Å². The number of rotatable bonds is 4. The Hall–Kier alpha value is -2.82. The molecule has 3 aromatic rings. The molecule has 0 saturated carbocycles. The summed E-state index contributed by atoms with van der Waals surface area (Å²) in [5.41, 5.74) is 1.41. The van der Waals surface area contributed by atoms with Gasteiger partial charge < -0.3 is 13.7 Å². The molecule has 4 rings (SSSR count). The standard InChI is InChI=1S/C18H16ClN5O2/c19-16-4-3-13(11-21-16)12-23-5-7-24(8-6-23)18-14(10-20)22-17(26-18)15-2-1-9-25-15/h1-4,9,11H,5-8,12H2. The molecule has 26 heavy (non-hydrogen) atoms. The van der Waals surface area contributed by atoms with E-state index in [-0.39, 0.29) is 5.69 Å². The Kier molecular flexibility index (Phi) is 4.61. The molecule has 0 radical (unpaired) electrons. The fraction of sp³-hybridized carbons (Fsp3) is 0.278. The fourth-order valence-corrected chi connectivity index (χ4v) is 3.08. The van der Waals surface area contributed by atoms with Gasteiger partial charge in [-0.1, -0.05) is 17.7 Å². The van der Waals surface area contributed by atoms with Crippen LogP contribution >= 0.6 is 11.6 Å². The maximum atomic E-state index is 9.37. The van der Waals surface area contributed by atoms with Crippen molar-refractivity contribution in [1.29, 1.82) is 5.26 Å². The SMILES string of the molecule is N#Cc1nc(-c2ccco2)oc1N1CCN(Cc2ccc(Cl)nc2)CC1. The van der Waals surface area contributed by atoms with Crippen molar-refractivity contribution >= 4 is 17.5 Å². The third kappa shape index (κ3) is 3.43. The Bertz CT molecular complexity index is 906. The largest absolute Gasteiger partial charge is 0.459 e. The molecule has 0 N–H and O–H groups in total. The van der Waals surface area contributed by atoms with Crippen LogP contribution in [0.3, 0.4) is 0 Å². The van der Waals surface area contributed by atoms with Crippen molar-refractivity contribution in [2.45, 2.75) is 6.54 Å². The van der Waals surface area contributed by atoms with Crippen molar-refractivity contribution in [1.82, 2.24) is 14.9 Å². The van der Waals surface area contributed by atoms with Crippen LogP contribution in [-0.4, -0.2) is 41.0 Å². The summed E-state index contributed by atoms with van der Waals surface area (Å²) in [5.74, 6) is 1.35.